The predicted octanol–water partition coefficient (Wildman–Crippen LogP) is 4.59. The van der Waals surface area contributed by atoms with Crippen molar-refractivity contribution in [1.29, 1.82) is 0 Å². The van der Waals surface area contributed by atoms with Crippen LogP contribution in [0.3, 0.4) is 0 Å². The van der Waals surface area contributed by atoms with Gasteiger partial charge in [-0.15, -0.1) is 0 Å². The van der Waals surface area contributed by atoms with Crippen LogP contribution in [-0.4, -0.2) is 27.7 Å². The van der Waals surface area contributed by atoms with E-state index in [1.54, 1.807) is 0 Å². The van der Waals surface area contributed by atoms with E-state index in [1.807, 2.05) is 60.3 Å². The largest absolute Gasteiger partial charge is 0.425 e. The molecule has 6 heteroatoms. The van der Waals surface area contributed by atoms with Crippen molar-refractivity contribution >= 4 is 28.3 Å². The van der Waals surface area contributed by atoms with Gasteiger partial charge in [0.15, 0.2) is 0 Å². The normalized spacial score (nSPS) is 13.9. The molecule has 0 fully saturated rings. The third kappa shape index (κ3) is 2.91. The van der Waals surface area contributed by atoms with Gasteiger partial charge in [0.25, 0.3) is 0 Å². The minimum absolute atomic E-state index is 0.545. The van der Waals surface area contributed by atoms with Crippen molar-refractivity contribution in [2.24, 2.45) is 7.05 Å². The van der Waals surface area contributed by atoms with Crippen molar-refractivity contribution in [1.82, 2.24) is 14.5 Å². The van der Waals surface area contributed by atoms with E-state index in [9.17, 15) is 0 Å². The number of aryl methyl sites for hydroxylation is 1. The van der Waals surface area contributed by atoms with Gasteiger partial charge in [0, 0.05) is 32.1 Å². The first-order chi connectivity index (χ1) is 12.2. The van der Waals surface area contributed by atoms with Crippen molar-refractivity contribution in [2.45, 2.75) is 6.92 Å². The quantitative estimate of drug-likeness (QED) is 0.686. The molecule has 0 atom stereocenters. The monoisotopic (exact) mass is 354 g/mol. The molecular formula is C19H19ClN4O. The number of para-hydroxylation sites is 2. The number of fused-ring (bicyclic) bond motifs is 1. The maximum absolute atomic E-state index is 6.48. The summed E-state index contributed by atoms with van der Waals surface area (Å²) in [6.07, 6.45) is 4.11. The van der Waals surface area contributed by atoms with E-state index in [1.165, 1.54) is 0 Å². The van der Waals surface area contributed by atoms with Crippen LogP contribution in [0.2, 0.25) is 5.02 Å². The average molecular weight is 355 g/mol. The number of aromatic nitrogens is 2. The Labute approximate surface area is 151 Å². The first-order valence-electron chi connectivity index (χ1n) is 8.23. The van der Waals surface area contributed by atoms with Crippen molar-refractivity contribution in [3.63, 3.8) is 0 Å². The summed E-state index contributed by atoms with van der Waals surface area (Å²) in [6.45, 7) is 3.91. The SMILES string of the molecule is CCN1C=CN(c2ccc(Oc3nc4ccccc4n3C)cc2Cl)C1. The number of nitrogens with zero attached hydrogens (tertiary/aromatic N) is 4. The summed E-state index contributed by atoms with van der Waals surface area (Å²) >= 11 is 6.48. The molecule has 2 aromatic carbocycles. The van der Waals surface area contributed by atoms with E-state index in [-0.39, 0.29) is 0 Å². The molecule has 0 bridgehead atoms. The molecule has 1 aromatic heterocycles. The average Bonchev–Trinajstić information content (AvgIpc) is 3.21. The van der Waals surface area contributed by atoms with Crippen molar-refractivity contribution in [2.75, 3.05) is 18.1 Å². The van der Waals surface area contributed by atoms with Crippen LogP contribution in [0.4, 0.5) is 5.69 Å². The zero-order chi connectivity index (χ0) is 17.4. The molecule has 0 aliphatic carbocycles. The smallest absolute Gasteiger partial charge is 0.302 e. The third-order valence-electron chi connectivity index (χ3n) is 4.38. The minimum Gasteiger partial charge on any atom is -0.425 e. The van der Waals surface area contributed by atoms with Crippen LogP contribution in [0.1, 0.15) is 6.92 Å². The zero-order valence-corrected chi connectivity index (χ0v) is 14.9. The Hall–Kier alpha value is -2.66. The van der Waals surface area contributed by atoms with Gasteiger partial charge >= 0.3 is 6.01 Å². The fraction of sp³-hybridized carbons (Fsp3) is 0.211. The van der Waals surface area contributed by atoms with Gasteiger partial charge in [-0.3, -0.25) is 4.57 Å². The number of halogens is 1. The van der Waals surface area contributed by atoms with Crippen molar-refractivity contribution in [3.8, 4) is 11.8 Å². The Balaban J connectivity index is 1.58. The molecule has 5 nitrogen and oxygen atoms in total. The highest BCUT2D eigenvalue weighted by atomic mass is 35.5. The molecule has 0 N–H and O–H groups in total. The van der Waals surface area contributed by atoms with Gasteiger partial charge in [-0.25, -0.2) is 0 Å². The number of ether oxygens (including phenoxy) is 1. The molecule has 1 aliphatic rings. The lowest BCUT2D eigenvalue weighted by atomic mass is 10.3. The summed E-state index contributed by atoms with van der Waals surface area (Å²) in [5, 5.41) is 0.652. The molecule has 25 heavy (non-hydrogen) atoms. The summed E-state index contributed by atoms with van der Waals surface area (Å²) < 4.78 is 7.89. The summed E-state index contributed by atoms with van der Waals surface area (Å²) in [4.78, 5) is 8.85. The van der Waals surface area contributed by atoms with E-state index in [0.29, 0.717) is 16.8 Å². The number of imidazole rings is 1. The van der Waals surface area contributed by atoms with Crippen LogP contribution in [0, 0.1) is 0 Å². The molecule has 4 rings (SSSR count). The Morgan fingerprint density at radius 2 is 2.00 bits per heavy atom. The van der Waals surface area contributed by atoms with Crippen molar-refractivity contribution in [3.05, 3.63) is 59.9 Å². The number of rotatable bonds is 4. The zero-order valence-electron chi connectivity index (χ0n) is 14.2. The second-order valence-electron chi connectivity index (χ2n) is 5.97. The van der Waals surface area contributed by atoms with Gasteiger partial charge < -0.3 is 14.5 Å². The molecule has 0 spiro atoms. The lowest BCUT2D eigenvalue weighted by Crippen LogP contribution is -2.24. The van der Waals surface area contributed by atoms with Crippen LogP contribution < -0.4 is 9.64 Å². The Kier molecular flexibility index (Phi) is 4.01. The van der Waals surface area contributed by atoms with Gasteiger partial charge in [0.1, 0.15) is 5.75 Å². The molecule has 128 valence electrons. The van der Waals surface area contributed by atoms with Gasteiger partial charge in [-0.2, -0.15) is 4.98 Å². The first-order valence-corrected chi connectivity index (χ1v) is 8.61. The van der Waals surface area contributed by atoms with Gasteiger partial charge in [0.2, 0.25) is 0 Å². The molecular weight excluding hydrogens is 336 g/mol. The number of benzene rings is 2. The Morgan fingerprint density at radius 3 is 2.72 bits per heavy atom. The highest BCUT2D eigenvalue weighted by Crippen LogP contribution is 2.33. The highest BCUT2D eigenvalue weighted by Gasteiger charge is 2.16. The summed E-state index contributed by atoms with van der Waals surface area (Å²) in [7, 11) is 1.94. The van der Waals surface area contributed by atoms with Gasteiger partial charge in [-0.05, 0) is 31.2 Å². The highest BCUT2D eigenvalue weighted by molar-refractivity contribution is 6.33. The fourth-order valence-corrected chi connectivity index (χ4v) is 3.21. The third-order valence-corrected chi connectivity index (χ3v) is 4.68. The van der Waals surface area contributed by atoms with Crippen LogP contribution in [-0.2, 0) is 7.05 Å². The molecule has 0 unspecified atom stereocenters. The maximum atomic E-state index is 6.48. The Bertz CT molecular complexity index is 950. The lowest BCUT2D eigenvalue weighted by Gasteiger charge is -2.21. The fourth-order valence-electron chi connectivity index (χ4n) is 2.93. The molecule has 0 radical (unpaired) electrons. The number of hydrogen-bond donors (Lipinski definition) is 0. The molecule has 0 amide bonds. The van der Waals surface area contributed by atoms with Gasteiger partial charge in [0.05, 0.1) is 28.4 Å². The maximum Gasteiger partial charge on any atom is 0.302 e. The van der Waals surface area contributed by atoms with E-state index >= 15 is 0 Å². The predicted molar refractivity (Wildman–Crippen MR) is 101 cm³/mol. The van der Waals surface area contributed by atoms with Crippen LogP contribution >= 0.6 is 11.6 Å². The lowest BCUT2D eigenvalue weighted by molar-refractivity contribution is 0.426. The number of hydrogen-bond acceptors (Lipinski definition) is 4. The second kappa shape index (κ2) is 6.33. The summed E-state index contributed by atoms with van der Waals surface area (Å²) in [5.74, 6) is 0.669. The summed E-state index contributed by atoms with van der Waals surface area (Å²) in [5.41, 5.74) is 2.90. The molecule has 1 aliphatic heterocycles. The standard InChI is InChI=1S/C19H19ClN4O/c1-3-23-10-11-24(13-23)17-9-8-14(12-15(17)20)25-19-21-16-6-4-5-7-18(16)22(19)2/h4-12H,3,13H2,1-2H3. The number of anilines is 1. The molecule has 0 saturated heterocycles. The topological polar surface area (TPSA) is 33.5 Å². The van der Waals surface area contributed by atoms with Crippen molar-refractivity contribution < 1.29 is 4.74 Å². The minimum atomic E-state index is 0.545. The van der Waals surface area contributed by atoms with Crippen LogP contribution in [0.15, 0.2) is 54.9 Å². The van der Waals surface area contributed by atoms with Crippen LogP contribution in [0.5, 0.6) is 11.8 Å². The molecule has 0 saturated carbocycles. The summed E-state index contributed by atoms with van der Waals surface area (Å²) in [6, 6.07) is 14.2. The molecule has 3 aromatic rings. The van der Waals surface area contributed by atoms with E-state index < -0.39 is 0 Å². The van der Waals surface area contributed by atoms with E-state index in [0.717, 1.165) is 29.9 Å². The van der Waals surface area contributed by atoms with Crippen LogP contribution in [0.25, 0.3) is 11.0 Å². The second-order valence-corrected chi connectivity index (χ2v) is 6.38. The van der Waals surface area contributed by atoms with E-state index in [4.69, 9.17) is 16.3 Å². The van der Waals surface area contributed by atoms with Gasteiger partial charge in [-0.1, -0.05) is 23.7 Å². The first kappa shape index (κ1) is 15.8. The molecule has 2 heterocycles. The Morgan fingerprint density at radius 1 is 1.16 bits per heavy atom. The van der Waals surface area contributed by atoms with E-state index in [2.05, 4.69) is 27.9 Å².